The number of H-pyrrole nitrogens is 1. The number of aromatic nitrogens is 2. The van der Waals surface area contributed by atoms with Crippen molar-refractivity contribution in [2.45, 2.75) is 18.7 Å². The normalized spacial score (nSPS) is 11.5. The van der Waals surface area contributed by atoms with Crippen molar-refractivity contribution in [1.29, 1.82) is 0 Å². The van der Waals surface area contributed by atoms with Crippen molar-refractivity contribution in [3.63, 3.8) is 0 Å². The summed E-state index contributed by atoms with van der Waals surface area (Å²) in [5.41, 5.74) is 2.15. The average Bonchev–Trinajstić information content (AvgIpc) is 2.68. The van der Waals surface area contributed by atoms with Gasteiger partial charge in [-0.3, -0.25) is 9.82 Å². The maximum absolute atomic E-state index is 12.4. The summed E-state index contributed by atoms with van der Waals surface area (Å²) in [4.78, 5) is 2.01. The molecule has 2 rings (SSSR count). The molecule has 1 heterocycles. The zero-order valence-electron chi connectivity index (χ0n) is 12.2. The van der Waals surface area contributed by atoms with Crippen LogP contribution in [0.4, 0.5) is 11.4 Å². The molecule has 0 aliphatic heterocycles. The predicted molar refractivity (Wildman–Crippen MR) is 84.6 cm³/mol. The topological polar surface area (TPSA) is 78.1 Å². The molecule has 0 amide bonds. The molecule has 0 spiro atoms. The molecule has 0 unspecified atom stereocenters. The molecule has 114 valence electrons. The third-order valence-corrected chi connectivity index (χ3v) is 4.96. The van der Waals surface area contributed by atoms with Crippen molar-refractivity contribution in [1.82, 2.24) is 10.2 Å². The second kappa shape index (κ2) is 5.57. The Morgan fingerprint density at radius 2 is 1.95 bits per heavy atom. The number of aryl methyl sites for hydroxylation is 2. The third kappa shape index (κ3) is 3.14. The van der Waals surface area contributed by atoms with Crippen LogP contribution in [0.15, 0.2) is 23.1 Å². The second-order valence-corrected chi connectivity index (χ2v) is 6.96. The average molecular weight is 329 g/mol. The first-order valence-corrected chi connectivity index (χ1v) is 8.09. The lowest BCUT2D eigenvalue weighted by Crippen LogP contribution is -2.15. The number of hydrogen-bond donors (Lipinski definition) is 2. The Morgan fingerprint density at radius 3 is 2.43 bits per heavy atom. The van der Waals surface area contributed by atoms with E-state index in [1.807, 2.05) is 19.0 Å². The highest BCUT2D eigenvalue weighted by atomic mass is 35.5. The fourth-order valence-electron chi connectivity index (χ4n) is 2.08. The van der Waals surface area contributed by atoms with Crippen molar-refractivity contribution in [3.05, 3.63) is 34.6 Å². The molecule has 1 aromatic carbocycles. The van der Waals surface area contributed by atoms with Crippen LogP contribution in [0.1, 0.15) is 11.4 Å². The maximum Gasteiger partial charge on any atom is 0.265 e. The molecule has 6 nitrogen and oxygen atoms in total. The zero-order chi connectivity index (χ0) is 15.8. The Bertz CT molecular complexity index is 749. The Hall–Kier alpha value is -1.73. The van der Waals surface area contributed by atoms with Crippen molar-refractivity contribution < 1.29 is 8.42 Å². The number of anilines is 2. The standard InChI is InChI=1S/C13H17ClN4O2S/c1-8-13(9(2)16-15-8)21(19,20)17-10-5-6-12(18(3)4)11(14)7-10/h5-7,17H,1-4H3,(H,15,16). The molecule has 0 radical (unpaired) electrons. The number of sulfonamides is 1. The predicted octanol–water partition coefficient (Wildman–Crippen LogP) is 2.55. The Kier molecular flexibility index (Phi) is 4.15. The van der Waals surface area contributed by atoms with Gasteiger partial charge in [0.25, 0.3) is 10.0 Å². The van der Waals surface area contributed by atoms with Crippen LogP contribution in [0.25, 0.3) is 0 Å². The van der Waals surface area contributed by atoms with Gasteiger partial charge in [-0.1, -0.05) is 11.6 Å². The lowest BCUT2D eigenvalue weighted by molar-refractivity contribution is 0.600. The van der Waals surface area contributed by atoms with Gasteiger partial charge < -0.3 is 4.90 Å². The van der Waals surface area contributed by atoms with E-state index in [4.69, 9.17) is 11.6 Å². The molecule has 0 bridgehead atoms. The Labute approximate surface area is 129 Å². The molecular formula is C13H17ClN4O2S. The summed E-state index contributed by atoms with van der Waals surface area (Å²) in [5, 5.41) is 7.04. The van der Waals surface area contributed by atoms with E-state index in [9.17, 15) is 8.42 Å². The summed E-state index contributed by atoms with van der Waals surface area (Å²) in [6.07, 6.45) is 0. The molecule has 0 atom stereocenters. The minimum Gasteiger partial charge on any atom is -0.376 e. The monoisotopic (exact) mass is 328 g/mol. The summed E-state index contributed by atoms with van der Waals surface area (Å²) in [5.74, 6) is 0. The summed E-state index contributed by atoms with van der Waals surface area (Å²) in [7, 11) is 0.0315. The number of halogens is 1. The van der Waals surface area contributed by atoms with Crippen LogP contribution in [-0.4, -0.2) is 32.7 Å². The van der Waals surface area contributed by atoms with Gasteiger partial charge in [-0.15, -0.1) is 0 Å². The van der Waals surface area contributed by atoms with Crippen LogP contribution in [-0.2, 0) is 10.0 Å². The largest absolute Gasteiger partial charge is 0.376 e. The lowest BCUT2D eigenvalue weighted by atomic mass is 10.3. The van der Waals surface area contributed by atoms with Crippen molar-refractivity contribution in [2.24, 2.45) is 0 Å². The maximum atomic E-state index is 12.4. The quantitative estimate of drug-likeness (QED) is 0.904. The van der Waals surface area contributed by atoms with E-state index in [1.54, 1.807) is 32.0 Å². The van der Waals surface area contributed by atoms with E-state index in [2.05, 4.69) is 14.9 Å². The Morgan fingerprint density at radius 1 is 1.29 bits per heavy atom. The first-order chi connectivity index (χ1) is 9.72. The van der Waals surface area contributed by atoms with E-state index in [0.29, 0.717) is 22.1 Å². The van der Waals surface area contributed by atoms with Crippen molar-refractivity contribution in [3.8, 4) is 0 Å². The molecule has 0 fully saturated rings. The van der Waals surface area contributed by atoms with Crippen molar-refractivity contribution >= 4 is 33.0 Å². The fourth-order valence-corrected chi connectivity index (χ4v) is 3.85. The van der Waals surface area contributed by atoms with Gasteiger partial charge in [-0.05, 0) is 32.0 Å². The minimum atomic E-state index is -3.70. The highest BCUT2D eigenvalue weighted by Crippen LogP contribution is 2.29. The van der Waals surface area contributed by atoms with Crippen LogP contribution in [0.2, 0.25) is 5.02 Å². The Balaban J connectivity index is 2.36. The molecule has 0 saturated heterocycles. The first kappa shape index (κ1) is 15.7. The van der Waals surface area contributed by atoms with Crippen LogP contribution in [0.5, 0.6) is 0 Å². The van der Waals surface area contributed by atoms with Gasteiger partial charge in [-0.25, -0.2) is 8.42 Å². The summed E-state index contributed by atoms with van der Waals surface area (Å²) < 4.78 is 27.3. The smallest absolute Gasteiger partial charge is 0.265 e. The molecular weight excluding hydrogens is 312 g/mol. The molecule has 8 heteroatoms. The summed E-state index contributed by atoms with van der Waals surface area (Å²) >= 11 is 6.15. The first-order valence-electron chi connectivity index (χ1n) is 6.23. The van der Waals surface area contributed by atoms with Crippen LogP contribution < -0.4 is 9.62 Å². The third-order valence-electron chi connectivity index (χ3n) is 3.01. The van der Waals surface area contributed by atoms with Gasteiger partial charge in [-0.2, -0.15) is 5.10 Å². The number of nitrogens with zero attached hydrogens (tertiary/aromatic N) is 2. The van der Waals surface area contributed by atoms with E-state index in [-0.39, 0.29) is 4.90 Å². The number of rotatable bonds is 4. The lowest BCUT2D eigenvalue weighted by Gasteiger charge is -2.15. The van der Waals surface area contributed by atoms with Crippen LogP contribution >= 0.6 is 11.6 Å². The summed E-state index contributed by atoms with van der Waals surface area (Å²) in [6, 6.07) is 5.01. The fraction of sp³-hybridized carbons (Fsp3) is 0.308. The van der Waals surface area contributed by atoms with Gasteiger partial charge >= 0.3 is 0 Å². The van der Waals surface area contributed by atoms with Crippen LogP contribution in [0, 0.1) is 13.8 Å². The number of aromatic amines is 1. The molecule has 1 aromatic heterocycles. The van der Waals surface area contributed by atoms with Gasteiger partial charge in [0.15, 0.2) is 0 Å². The molecule has 0 aliphatic carbocycles. The number of hydrogen-bond acceptors (Lipinski definition) is 4. The van der Waals surface area contributed by atoms with E-state index in [1.165, 1.54) is 0 Å². The van der Waals surface area contributed by atoms with E-state index >= 15 is 0 Å². The number of benzene rings is 1. The van der Waals surface area contributed by atoms with Crippen molar-refractivity contribution in [2.75, 3.05) is 23.7 Å². The number of nitrogens with one attached hydrogen (secondary N) is 2. The SMILES string of the molecule is Cc1n[nH]c(C)c1S(=O)(=O)Nc1ccc(N(C)C)c(Cl)c1. The van der Waals surface area contributed by atoms with E-state index < -0.39 is 10.0 Å². The van der Waals surface area contributed by atoms with Gasteiger partial charge in [0.1, 0.15) is 4.90 Å². The van der Waals surface area contributed by atoms with Gasteiger partial charge in [0, 0.05) is 14.1 Å². The molecule has 0 aliphatic rings. The molecule has 2 N–H and O–H groups in total. The highest BCUT2D eigenvalue weighted by Gasteiger charge is 2.22. The van der Waals surface area contributed by atoms with Gasteiger partial charge in [0.05, 0.1) is 27.8 Å². The van der Waals surface area contributed by atoms with Gasteiger partial charge in [0.2, 0.25) is 0 Å². The summed E-state index contributed by atoms with van der Waals surface area (Å²) in [6.45, 7) is 3.30. The molecule has 21 heavy (non-hydrogen) atoms. The second-order valence-electron chi connectivity index (χ2n) is 4.93. The molecule has 0 saturated carbocycles. The molecule has 2 aromatic rings. The highest BCUT2D eigenvalue weighted by molar-refractivity contribution is 7.92. The van der Waals surface area contributed by atoms with E-state index in [0.717, 1.165) is 5.69 Å². The minimum absolute atomic E-state index is 0.162. The zero-order valence-corrected chi connectivity index (χ0v) is 13.8. The van der Waals surface area contributed by atoms with Crippen LogP contribution in [0.3, 0.4) is 0 Å².